The summed E-state index contributed by atoms with van der Waals surface area (Å²) in [5, 5.41) is 4.65. The predicted octanol–water partition coefficient (Wildman–Crippen LogP) is 11.5. The highest BCUT2D eigenvalue weighted by Gasteiger charge is 2.20. The van der Waals surface area contributed by atoms with E-state index in [1.807, 2.05) is 0 Å². The van der Waals surface area contributed by atoms with E-state index in [0.717, 1.165) is 39.0 Å². The maximum Gasteiger partial charge on any atom is 0.159 e. The van der Waals surface area contributed by atoms with Gasteiger partial charge in [0, 0.05) is 22.1 Å². The Morgan fingerprint density at radius 1 is 0.405 bits per heavy atom. The van der Waals surface area contributed by atoms with Gasteiger partial charge in [-0.3, -0.25) is 0 Å². The number of benzene rings is 7. The zero-order chi connectivity index (χ0) is 27.9. The molecule has 1 aromatic heterocycles. The summed E-state index contributed by atoms with van der Waals surface area (Å²) in [4.78, 5) is 2.30. The van der Waals surface area contributed by atoms with Crippen LogP contribution >= 0.6 is 0 Å². The molecule has 0 saturated carbocycles. The molecule has 0 N–H and O–H groups in total. The van der Waals surface area contributed by atoms with Crippen LogP contribution in [0, 0.1) is 0 Å². The molecule has 8 aromatic rings. The second kappa shape index (κ2) is 10.1. The van der Waals surface area contributed by atoms with Crippen molar-refractivity contribution in [3.63, 3.8) is 0 Å². The molecule has 0 aliphatic carbocycles. The average Bonchev–Trinajstić information content (AvgIpc) is 3.46. The van der Waals surface area contributed by atoms with Crippen LogP contribution in [0.4, 0.5) is 17.1 Å². The highest BCUT2D eigenvalue weighted by atomic mass is 16.3. The first-order chi connectivity index (χ1) is 20.8. The fourth-order valence-corrected chi connectivity index (χ4v) is 6.05. The standard InChI is InChI=1S/C40H27NO/c1-4-12-28(13-5-1)31-16-10-19-34(26-31)41(33-17-8-3-9-18-33)37-21-11-20-35-39-36-27-32(29-14-6-2-7-15-29)23-22-30(36)24-25-38(39)42-40(35)37/h1-27H. The van der Waals surface area contributed by atoms with Gasteiger partial charge >= 0.3 is 0 Å². The van der Waals surface area contributed by atoms with Gasteiger partial charge in [0.2, 0.25) is 0 Å². The highest BCUT2D eigenvalue weighted by Crippen LogP contribution is 2.44. The maximum atomic E-state index is 6.73. The lowest BCUT2D eigenvalue weighted by Crippen LogP contribution is -2.10. The normalized spacial score (nSPS) is 11.3. The Morgan fingerprint density at radius 2 is 1.00 bits per heavy atom. The number of anilines is 3. The second-order valence-electron chi connectivity index (χ2n) is 10.6. The van der Waals surface area contributed by atoms with E-state index in [2.05, 4.69) is 169 Å². The van der Waals surface area contributed by atoms with E-state index < -0.39 is 0 Å². The largest absolute Gasteiger partial charge is 0.454 e. The van der Waals surface area contributed by atoms with Crippen LogP contribution in [-0.2, 0) is 0 Å². The van der Waals surface area contributed by atoms with Crippen LogP contribution in [0.2, 0.25) is 0 Å². The molecule has 7 aromatic carbocycles. The summed E-state index contributed by atoms with van der Waals surface area (Å²) in [7, 11) is 0. The summed E-state index contributed by atoms with van der Waals surface area (Å²) in [6, 6.07) is 57.8. The first-order valence-electron chi connectivity index (χ1n) is 14.3. The van der Waals surface area contributed by atoms with Crippen molar-refractivity contribution in [2.45, 2.75) is 0 Å². The van der Waals surface area contributed by atoms with Crippen molar-refractivity contribution in [3.05, 3.63) is 164 Å². The van der Waals surface area contributed by atoms with Gasteiger partial charge in [-0.15, -0.1) is 0 Å². The molecule has 8 rings (SSSR count). The highest BCUT2D eigenvalue weighted by molar-refractivity contribution is 6.21. The molecule has 2 nitrogen and oxygen atoms in total. The van der Waals surface area contributed by atoms with Gasteiger partial charge in [0.05, 0.1) is 5.69 Å². The van der Waals surface area contributed by atoms with Crippen molar-refractivity contribution in [2.24, 2.45) is 0 Å². The van der Waals surface area contributed by atoms with E-state index >= 15 is 0 Å². The lowest BCUT2D eigenvalue weighted by atomic mass is 9.98. The lowest BCUT2D eigenvalue weighted by Gasteiger charge is -2.26. The van der Waals surface area contributed by atoms with Crippen molar-refractivity contribution in [2.75, 3.05) is 4.90 Å². The summed E-state index contributed by atoms with van der Waals surface area (Å²) < 4.78 is 6.73. The van der Waals surface area contributed by atoms with Gasteiger partial charge in [0.25, 0.3) is 0 Å². The van der Waals surface area contributed by atoms with Gasteiger partial charge in [-0.2, -0.15) is 0 Å². The Kier molecular flexibility index (Phi) is 5.82. The van der Waals surface area contributed by atoms with Crippen LogP contribution in [0.1, 0.15) is 0 Å². The Bertz CT molecular complexity index is 2180. The van der Waals surface area contributed by atoms with Gasteiger partial charge in [-0.05, 0) is 75.5 Å². The summed E-state index contributed by atoms with van der Waals surface area (Å²) in [6.07, 6.45) is 0. The molecule has 0 aliphatic rings. The third-order valence-electron chi connectivity index (χ3n) is 8.03. The minimum absolute atomic E-state index is 0.874. The predicted molar refractivity (Wildman–Crippen MR) is 177 cm³/mol. The molecule has 42 heavy (non-hydrogen) atoms. The fourth-order valence-electron chi connectivity index (χ4n) is 6.05. The Balaban J connectivity index is 1.36. The molecule has 0 atom stereocenters. The molecule has 2 heteroatoms. The zero-order valence-electron chi connectivity index (χ0n) is 22.9. The maximum absolute atomic E-state index is 6.73. The van der Waals surface area contributed by atoms with Crippen LogP contribution in [0.5, 0.6) is 0 Å². The van der Waals surface area contributed by atoms with E-state index in [4.69, 9.17) is 4.42 Å². The number of fused-ring (bicyclic) bond motifs is 5. The average molecular weight is 538 g/mol. The SMILES string of the molecule is c1ccc(-c2cccc(N(c3ccccc3)c3cccc4c3oc3ccc5ccc(-c6ccccc6)cc5c34)c2)cc1. The van der Waals surface area contributed by atoms with Crippen molar-refractivity contribution in [3.8, 4) is 22.3 Å². The quantitative estimate of drug-likeness (QED) is 0.217. The third-order valence-corrected chi connectivity index (χ3v) is 8.03. The van der Waals surface area contributed by atoms with E-state index in [9.17, 15) is 0 Å². The Hall–Kier alpha value is -5.60. The summed E-state index contributed by atoms with van der Waals surface area (Å²) >= 11 is 0. The van der Waals surface area contributed by atoms with E-state index in [1.165, 1.54) is 33.0 Å². The third kappa shape index (κ3) is 4.13. The molecule has 0 fully saturated rings. The van der Waals surface area contributed by atoms with Crippen LogP contribution < -0.4 is 4.90 Å². The molecule has 0 unspecified atom stereocenters. The van der Waals surface area contributed by atoms with Gasteiger partial charge in [-0.1, -0.05) is 121 Å². The van der Waals surface area contributed by atoms with Crippen LogP contribution in [0.3, 0.4) is 0 Å². The molecular weight excluding hydrogens is 510 g/mol. The van der Waals surface area contributed by atoms with Crippen LogP contribution in [0.15, 0.2) is 168 Å². The van der Waals surface area contributed by atoms with Crippen molar-refractivity contribution in [1.82, 2.24) is 0 Å². The van der Waals surface area contributed by atoms with Crippen LogP contribution in [-0.4, -0.2) is 0 Å². The smallest absolute Gasteiger partial charge is 0.159 e. The zero-order valence-corrected chi connectivity index (χ0v) is 22.9. The van der Waals surface area contributed by atoms with Crippen molar-refractivity contribution < 1.29 is 4.42 Å². The molecule has 1 heterocycles. The number of furan rings is 1. The van der Waals surface area contributed by atoms with E-state index in [-0.39, 0.29) is 0 Å². The molecule has 0 radical (unpaired) electrons. The molecule has 0 amide bonds. The van der Waals surface area contributed by atoms with Gasteiger partial charge in [0.1, 0.15) is 5.58 Å². The molecule has 0 spiro atoms. The van der Waals surface area contributed by atoms with Crippen molar-refractivity contribution in [1.29, 1.82) is 0 Å². The number of para-hydroxylation sites is 2. The number of hydrogen-bond acceptors (Lipinski definition) is 2. The molecule has 0 bridgehead atoms. The Morgan fingerprint density at radius 3 is 1.74 bits per heavy atom. The number of nitrogens with zero attached hydrogens (tertiary/aromatic N) is 1. The lowest BCUT2D eigenvalue weighted by molar-refractivity contribution is 0.669. The summed E-state index contributed by atoms with van der Waals surface area (Å²) in [5.74, 6) is 0. The molecule has 198 valence electrons. The summed E-state index contributed by atoms with van der Waals surface area (Å²) in [5.41, 5.74) is 9.69. The molecular formula is C40H27NO. The van der Waals surface area contributed by atoms with Gasteiger partial charge < -0.3 is 9.32 Å². The van der Waals surface area contributed by atoms with E-state index in [0.29, 0.717) is 0 Å². The Labute approximate surface area is 244 Å². The van der Waals surface area contributed by atoms with Gasteiger partial charge in [-0.25, -0.2) is 0 Å². The van der Waals surface area contributed by atoms with E-state index in [1.54, 1.807) is 0 Å². The second-order valence-corrected chi connectivity index (χ2v) is 10.6. The number of hydrogen-bond donors (Lipinski definition) is 0. The molecule has 0 aliphatic heterocycles. The van der Waals surface area contributed by atoms with Crippen LogP contribution in [0.25, 0.3) is 55.0 Å². The first kappa shape index (κ1) is 24.2. The van der Waals surface area contributed by atoms with Crippen molar-refractivity contribution >= 4 is 49.8 Å². The molecule has 0 saturated heterocycles. The number of rotatable bonds is 5. The fraction of sp³-hybridized carbons (Fsp3) is 0. The van der Waals surface area contributed by atoms with Gasteiger partial charge in [0.15, 0.2) is 5.58 Å². The first-order valence-corrected chi connectivity index (χ1v) is 14.3. The minimum atomic E-state index is 0.874. The summed E-state index contributed by atoms with van der Waals surface area (Å²) in [6.45, 7) is 0. The minimum Gasteiger partial charge on any atom is -0.454 e. The topological polar surface area (TPSA) is 16.4 Å². The monoisotopic (exact) mass is 537 g/mol.